The highest BCUT2D eigenvalue weighted by atomic mass is 32.2. The summed E-state index contributed by atoms with van der Waals surface area (Å²) in [7, 11) is 0. The molecular weight excluding hydrogens is 515 g/mol. The topological polar surface area (TPSA) is 73.3 Å². The highest BCUT2D eigenvalue weighted by molar-refractivity contribution is 8.14. The van der Waals surface area contributed by atoms with Gasteiger partial charge < -0.3 is 9.80 Å². The van der Waals surface area contributed by atoms with Gasteiger partial charge >= 0.3 is 0 Å². The fourth-order valence-electron chi connectivity index (χ4n) is 4.48. The van der Waals surface area contributed by atoms with Gasteiger partial charge in [0, 0.05) is 43.0 Å². The van der Waals surface area contributed by atoms with E-state index >= 15 is 0 Å². The fourth-order valence-corrected chi connectivity index (χ4v) is 5.39. The highest BCUT2D eigenvalue weighted by Crippen LogP contribution is 2.30. The number of carbonyl (C=O) groups excluding carboxylic acids is 3. The molecule has 0 unspecified atom stereocenters. The van der Waals surface area contributed by atoms with Gasteiger partial charge in [0.15, 0.2) is 11.0 Å². The number of amides is 2. The zero-order valence-electron chi connectivity index (χ0n) is 21.4. The van der Waals surface area contributed by atoms with E-state index in [-0.39, 0.29) is 34.6 Å². The molecule has 39 heavy (non-hydrogen) atoms. The van der Waals surface area contributed by atoms with Crippen LogP contribution in [0.15, 0.2) is 89.6 Å². The van der Waals surface area contributed by atoms with Crippen LogP contribution in [0.5, 0.6) is 0 Å². The molecule has 0 aliphatic carbocycles. The second kappa shape index (κ2) is 11.7. The number of anilines is 2. The summed E-state index contributed by atoms with van der Waals surface area (Å²) in [6, 6.07) is 22.8. The van der Waals surface area contributed by atoms with Crippen molar-refractivity contribution in [2.75, 3.05) is 41.7 Å². The van der Waals surface area contributed by atoms with E-state index < -0.39 is 5.82 Å². The van der Waals surface area contributed by atoms with Crippen molar-refractivity contribution in [1.82, 2.24) is 4.90 Å². The third-order valence-corrected chi connectivity index (χ3v) is 7.56. The second-order valence-electron chi connectivity index (χ2n) is 9.18. The van der Waals surface area contributed by atoms with Crippen molar-refractivity contribution in [3.8, 4) is 0 Å². The third kappa shape index (κ3) is 5.93. The average Bonchev–Trinajstić information content (AvgIpc) is 3.28. The number of para-hydroxylation sites is 1. The van der Waals surface area contributed by atoms with Gasteiger partial charge in [-0.15, -0.1) is 0 Å². The molecule has 2 amide bonds. The van der Waals surface area contributed by atoms with Crippen LogP contribution in [-0.2, 0) is 9.59 Å². The van der Waals surface area contributed by atoms with Crippen LogP contribution in [-0.4, -0.2) is 59.6 Å². The Morgan fingerprint density at radius 1 is 0.897 bits per heavy atom. The number of hydrogen-bond acceptors (Lipinski definition) is 6. The molecule has 0 aromatic heterocycles. The van der Waals surface area contributed by atoms with E-state index in [1.807, 2.05) is 47.4 Å². The van der Waals surface area contributed by atoms with Crippen LogP contribution in [0, 0.1) is 5.82 Å². The predicted octanol–water partition coefficient (Wildman–Crippen LogP) is 4.85. The van der Waals surface area contributed by atoms with Gasteiger partial charge in [0.05, 0.1) is 11.4 Å². The lowest BCUT2D eigenvalue weighted by atomic mass is 10.1. The fraction of sp³-hybridized carbons (Fsp3) is 0.200. The van der Waals surface area contributed by atoms with Crippen molar-refractivity contribution in [3.05, 3.63) is 102 Å². The maximum absolute atomic E-state index is 14.2. The van der Waals surface area contributed by atoms with E-state index in [0.29, 0.717) is 42.6 Å². The normalized spacial score (nSPS) is 16.6. The predicted molar refractivity (Wildman–Crippen MR) is 153 cm³/mol. The number of rotatable bonds is 6. The molecule has 0 radical (unpaired) electrons. The number of Topliss-reactive ketones (excluding diaryl/α,β-unsaturated/α-hetero) is 1. The molecule has 2 heterocycles. The molecule has 1 fully saturated rings. The van der Waals surface area contributed by atoms with Crippen LogP contribution in [0.2, 0.25) is 0 Å². The number of hydrogen-bond donors (Lipinski definition) is 0. The van der Waals surface area contributed by atoms with Crippen LogP contribution in [0.4, 0.5) is 15.8 Å². The lowest BCUT2D eigenvalue weighted by Crippen LogP contribution is -2.49. The Labute approximate surface area is 230 Å². The number of aliphatic imine (C=N–C) groups is 1. The third-order valence-electron chi connectivity index (χ3n) is 6.64. The van der Waals surface area contributed by atoms with Gasteiger partial charge in [0.1, 0.15) is 11.5 Å². The van der Waals surface area contributed by atoms with E-state index in [1.54, 1.807) is 37.3 Å². The van der Waals surface area contributed by atoms with Crippen molar-refractivity contribution >= 4 is 52.0 Å². The van der Waals surface area contributed by atoms with Crippen LogP contribution in [0.1, 0.15) is 22.8 Å². The lowest BCUT2D eigenvalue weighted by Gasteiger charge is -2.36. The number of benzene rings is 3. The Bertz CT molecular complexity index is 1450. The first-order valence-corrected chi connectivity index (χ1v) is 13.6. The van der Waals surface area contributed by atoms with Gasteiger partial charge in [-0.3, -0.25) is 19.3 Å². The highest BCUT2D eigenvalue weighted by Gasteiger charge is 2.33. The van der Waals surface area contributed by atoms with Crippen LogP contribution >= 0.6 is 11.8 Å². The molecule has 5 rings (SSSR count). The maximum atomic E-state index is 14.2. The molecule has 0 bridgehead atoms. The first kappa shape index (κ1) is 26.4. The molecule has 0 N–H and O–H groups in total. The monoisotopic (exact) mass is 542 g/mol. The molecule has 0 spiro atoms. The summed E-state index contributed by atoms with van der Waals surface area (Å²) in [5.74, 6) is -0.700. The molecule has 2 aliphatic heterocycles. The van der Waals surface area contributed by atoms with Gasteiger partial charge in [0.2, 0.25) is 5.91 Å². The molecule has 0 atom stereocenters. The van der Waals surface area contributed by atoms with E-state index in [2.05, 4.69) is 9.89 Å². The van der Waals surface area contributed by atoms with E-state index in [4.69, 9.17) is 0 Å². The zero-order chi connectivity index (χ0) is 27.4. The Morgan fingerprint density at radius 3 is 2.23 bits per heavy atom. The minimum Gasteiger partial charge on any atom is -0.368 e. The van der Waals surface area contributed by atoms with Crippen LogP contribution in [0.25, 0.3) is 6.08 Å². The molecule has 9 heteroatoms. The van der Waals surface area contributed by atoms with E-state index in [0.717, 1.165) is 5.69 Å². The Kier molecular flexibility index (Phi) is 7.88. The van der Waals surface area contributed by atoms with Gasteiger partial charge in [-0.05, 0) is 55.5 Å². The van der Waals surface area contributed by atoms with Gasteiger partial charge in [-0.2, -0.15) is 0 Å². The first-order valence-electron chi connectivity index (χ1n) is 12.6. The largest absolute Gasteiger partial charge is 0.368 e. The minimum atomic E-state index is -0.440. The van der Waals surface area contributed by atoms with Gasteiger partial charge in [0.25, 0.3) is 5.91 Å². The van der Waals surface area contributed by atoms with Crippen molar-refractivity contribution in [2.24, 2.45) is 4.99 Å². The number of nitrogens with zero attached hydrogens (tertiary/aromatic N) is 4. The molecule has 2 aliphatic rings. The standard InChI is InChI=1S/C30H27FN4O3S/c1-21(36)22-11-13-24(14-12-22)33-15-17-34(18-16-33)28(37)20-39-30-32-27(19-23-7-5-6-10-26(23)31)29(38)35(30)25-8-3-2-4-9-25/h2-14,19H,15-18,20H2,1H3. The molecule has 198 valence electrons. The molecule has 1 saturated heterocycles. The smallest absolute Gasteiger partial charge is 0.283 e. The molecule has 3 aromatic carbocycles. The Balaban J connectivity index is 1.25. The van der Waals surface area contributed by atoms with E-state index in [1.165, 1.54) is 28.8 Å². The quantitative estimate of drug-likeness (QED) is 0.329. The first-order chi connectivity index (χ1) is 18.9. The van der Waals surface area contributed by atoms with Crippen molar-refractivity contribution in [1.29, 1.82) is 0 Å². The maximum Gasteiger partial charge on any atom is 0.283 e. The van der Waals surface area contributed by atoms with Crippen molar-refractivity contribution < 1.29 is 18.8 Å². The number of ketones is 1. The minimum absolute atomic E-state index is 0.0312. The SMILES string of the molecule is CC(=O)c1ccc(N2CCN(C(=O)CSC3=NC(=Cc4ccccc4F)C(=O)N3c3ccccc3)CC2)cc1. The summed E-state index contributed by atoms with van der Waals surface area (Å²) in [5.41, 5.74) is 2.71. The number of carbonyl (C=O) groups is 3. The molecular formula is C30H27FN4O3S. The summed E-state index contributed by atoms with van der Waals surface area (Å²) in [5, 5.41) is 0.381. The van der Waals surface area contributed by atoms with Crippen molar-refractivity contribution in [3.63, 3.8) is 0 Å². The number of thioether (sulfide) groups is 1. The van der Waals surface area contributed by atoms with Crippen LogP contribution in [0.3, 0.4) is 0 Å². The average molecular weight is 543 g/mol. The Morgan fingerprint density at radius 2 is 1.56 bits per heavy atom. The summed E-state index contributed by atoms with van der Waals surface area (Å²) < 4.78 is 14.2. The zero-order valence-corrected chi connectivity index (χ0v) is 22.2. The summed E-state index contributed by atoms with van der Waals surface area (Å²) in [6.07, 6.45) is 1.44. The number of amidine groups is 1. The Hall–Kier alpha value is -4.24. The summed E-state index contributed by atoms with van der Waals surface area (Å²) in [6.45, 7) is 4.05. The van der Waals surface area contributed by atoms with Gasteiger partial charge in [-0.25, -0.2) is 9.38 Å². The van der Waals surface area contributed by atoms with Crippen molar-refractivity contribution in [2.45, 2.75) is 6.92 Å². The van der Waals surface area contributed by atoms with Crippen LogP contribution < -0.4 is 9.80 Å². The van der Waals surface area contributed by atoms with E-state index in [9.17, 15) is 18.8 Å². The molecule has 0 saturated carbocycles. The summed E-state index contributed by atoms with van der Waals surface area (Å²) in [4.78, 5) is 47.9. The number of halogens is 1. The van der Waals surface area contributed by atoms with Gasteiger partial charge in [-0.1, -0.05) is 48.2 Å². The molecule has 3 aromatic rings. The lowest BCUT2D eigenvalue weighted by molar-refractivity contribution is -0.128. The number of piperazine rings is 1. The second-order valence-corrected chi connectivity index (χ2v) is 10.1. The summed E-state index contributed by atoms with van der Waals surface area (Å²) >= 11 is 1.20. The molecule has 7 nitrogen and oxygen atoms in total.